The summed E-state index contributed by atoms with van der Waals surface area (Å²) in [5.74, 6) is 1.93. The molecule has 2 nitrogen and oxygen atoms in total. The Balaban J connectivity index is 2.46. The minimum atomic E-state index is 0.113. The second kappa shape index (κ2) is 6.59. The monoisotopic (exact) mass is 237 g/mol. The Morgan fingerprint density at radius 3 is 2.50 bits per heavy atom. The SMILES string of the molecule is CSCC(C)CNc1ccc(C(C)=O)cc1. The van der Waals surface area contributed by atoms with Gasteiger partial charge in [0.25, 0.3) is 0 Å². The van der Waals surface area contributed by atoms with Crippen molar-refractivity contribution in [2.24, 2.45) is 5.92 Å². The van der Waals surface area contributed by atoms with Crippen LogP contribution < -0.4 is 5.32 Å². The number of rotatable bonds is 6. The molecule has 0 aliphatic carbocycles. The Bertz CT molecular complexity index is 334. The molecule has 0 bridgehead atoms. The van der Waals surface area contributed by atoms with E-state index in [1.807, 2.05) is 36.0 Å². The summed E-state index contributed by atoms with van der Waals surface area (Å²) >= 11 is 1.87. The molecule has 16 heavy (non-hydrogen) atoms. The second-order valence-corrected chi connectivity index (χ2v) is 4.99. The van der Waals surface area contributed by atoms with Crippen molar-refractivity contribution in [1.82, 2.24) is 0 Å². The second-order valence-electron chi connectivity index (χ2n) is 4.07. The van der Waals surface area contributed by atoms with Gasteiger partial charge in [0.05, 0.1) is 0 Å². The summed E-state index contributed by atoms with van der Waals surface area (Å²) in [4.78, 5) is 11.1. The average Bonchev–Trinajstić information content (AvgIpc) is 2.27. The molecule has 3 heteroatoms. The van der Waals surface area contributed by atoms with Gasteiger partial charge in [0.2, 0.25) is 0 Å². The first kappa shape index (κ1) is 13.1. The number of carbonyl (C=O) groups excluding carboxylic acids is 1. The lowest BCUT2D eigenvalue weighted by Crippen LogP contribution is -2.13. The van der Waals surface area contributed by atoms with Crippen molar-refractivity contribution in [3.05, 3.63) is 29.8 Å². The molecule has 0 saturated carbocycles. The minimum Gasteiger partial charge on any atom is -0.385 e. The molecule has 0 aliphatic rings. The van der Waals surface area contributed by atoms with Crippen LogP contribution in [0.5, 0.6) is 0 Å². The van der Waals surface area contributed by atoms with Crippen LogP contribution in [0.1, 0.15) is 24.2 Å². The van der Waals surface area contributed by atoms with Crippen molar-refractivity contribution in [2.75, 3.05) is 23.9 Å². The van der Waals surface area contributed by atoms with Gasteiger partial charge < -0.3 is 5.32 Å². The van der Waals surface area contributed by atoms with Gasteiger partial charge >= 0.3 is 0 Å². The van der Waals surface area contributed by atoms with Gasteiger partial charge in [0.15, 0.2) is 5.78 Å². The molecule has 0 aromatic heterocycles. The van der Waals surface area contributed by atoms with E-state index in [0.717, 1.165) is 17.8 Å². The molecule has 1 unspecified atom stereocenters. The Kier molecular flexibility index (Phi) is 5.39. The number of nitrogens with one attached hydrogen (secondary N) is 1. The summed E-state index contributed by atoms with van der Waals surface area (Å²) in [7, 11) is 0. The Morgan fingerprint density at radius 2 is 2.00 bits per heavy atom. The zero-order valence-electron chi connectivity index (χ0n) is 10.1. The Hall–Kier alpha value is -0.960. The highest BCUT2D eigenvalue weighted by Gasteiger charge is 2.01. The van der Waals surface area contributed by atoms with Gasteiger partial charge in [-0.1, -0.05) is 6.92 Å². The highest BCUT2D eigenvalue weighted by Crippen LogP contribution is 2.11. The highest BCUT2D eigenvalue weighted by molar-refractivity contribution is 7.98. The number of benzene rings is 1. The zero-order chi connectivity index (χ0) is 12.0. The van der Waals surface area contributed by atoms with Gasteiger partial charge in [-0.15, -0.1) is 0 Å². The van der Waals surface area contributed by atoms with Crippen LogP contribution in [0.15, 0.2) is 24.3 Å². The van der Waals surface area contributed by atoms with Crippen LogP contribution in [-0.2, 0) is 0 Å². The van der Waals surface area contributed by atoms with Crippen molar-refractivity contribution in [3.63, 3.8) is 0 Å². The van der Waals surface area contributed by atoms with E-state index in [1.54, 1.807) is 6.92 Å². The van der Waals surface area contributed by atoms with E-state index < -0.39 is 0 Å². The maximum atomic E-state index is 11.1. The molecule has 1 atom stereocenters. The minimum absolute atomic E-state index is 0.113. The normalized spacial score (nSPS) is 12.2. The molecule has 1 rings (SSSR count). The molecule has 1 aromatic carbocycles. The quantitative estimate of drug-likeness (QED) is 0.770. The van der Waals surface area contributed by atoms with Crippen LogP contribution in [0.3, 0.4) is 0 Å². The number of hydrogen-bond acceptors (Lipinski definition) is 3. The molecule has 0 spiro atoms. The number of ketones is 1. The van der Waals surface area contributed by atoms with Crippen LogP contribution in [-0.4, -0.2) is 24.3 Å². The number of thioether (sulfide) groups is 1. The summed E-state index contributed by atoms with van der Waals surface area (Å²) < 4.78 is 0. The first-order valence-electron chi connectivity index (χ1n) is 5.47. The van der Waals surface area contributed by atoms with E-state index >= 15 is 0 Å². The molecule has 88 valence electrons. The summed E-state index contributed by atoms with van der Waals surface area (Å²) in [5, 5.41) is 3.37. The van der Waals surface area contributed by atoms with E-state index in [1.165, 1.54) is 5.75 Å². The molecule has 1 aromatic rings. The maximum Gasteiger partial charge on any atom is 0.159 e. The fourth-order valence-electron chi connectivity index (χ4n) is 1.46. The number of anilines is 1. The topological polar surface area (TPSA) is 29.1 Å². The predicted octanol–water partition coefficient (Wildman–Crippen LogP) is 3.30. The summed E-state index contributed by atoms with van der Waals surface area (Å²) in [6.45, 7) is 4.79. The third-order valence-corrected chi connectivity index (χ3v) is 3.30. The molecular formula is C13H19NOS. The van der Waals surface area contributed by atoms with Crippen LogP contribution >= 0.6 is 11.8 Å². The van der Waals surface area contributed by atoms with Crippen LogP contribution in [0, 0.1) is 5.92 Å². The van der Waals surface area contributed by atoms with Crippen LogP contribution in [0.25, 0.3) is 0 Å². The predicted molar refractivity (Wildman–Crippen MR) is 72.5 cm³/mol. The van der Waals surface area contributed by atoms with Crippen LogP contribution in [0.4, 0.5) is 5.69 Å². The number of carbonyl (C=O) groups is 1. The molecule has 0 aliphatic heterocycles. The molecular weight excluding hydrogens is 218 g/mol. The first-order chi connectivity index (χ1) is 7.63. The largest absolute Gasteiger partial charge is 0.385 e. The van der Waals surface area contributed by atoms with Gasteiger partial charge in [0, 0.05) is 17.8 Å². The summed E-state index contributed by atoms with van der Waals surface area (Å²) in [6.07, 6.45) is 2.12. The van der Waals surface area contributed by atoms with Crippen molar-refractivity contribution in [1.29, 1.82) is 0 Å². The van der Waals surface area contributed by atoms with Crippen molar-refractivity contribution in [2.45, 2.75) is 13.8 Å². The first-order valence-corrected chi connectivity index (χ1v) is 6.86. The van der Waals surface area contributed by atoms with Crippen molar-refractivity contribution >= 4 is 23.2 Å². The highest BCUT2D eigenvalue weighted by atomic mass is 32.2. The molecule has 0 heterocycles. The number of hydrogen-bond donors (Lipinski definition) is 1. The van der Waals surface area contributed by atoms with Crippen molar-refractivity contribution in [3.8, 4) is 0 Å². The van der Waals surface area contributed by atoms with E-state index in [-0.39, 0.29) is 5.78 Å². The van der Waals surface area contributed by atoms with E-state index in [9.17, 15) is 4.79 Å². The maximum absolute atomic E-state index is 11.1. The third kappa shape index (κ3) is 4.27. The molecule has 0 saturated heterocycles. The summed E-state index contributed by atoms with van der Waals surface area (Å²) in [5.41, 5.74) is 1.85. The number of Topliss-reactive ketones (excluding diaryl/α,β-unsaturated/α-hetero) is 1. The lowest BCUT2D eigenvalue weighted by Gasteiger charge is -2.12. The average molecular weight is 237 g/mol. The van der Waals surface area contributed by atoms with Crippen LogP contribution in [0.2, 0.25) is 0 Å². The smallest absolute Gasteiger partial charge is 0.159 e. The zero-order valence-corrected chi connectivity index (χ0v) is 10.9. The van der Waals surface area contributed by atoms with Gasteiger partial charge in [-0.3, -0.25) is 4.79 Å². The molecule has 0 radical (unpaired) electrons. The fraction of sp³-hybridized carbons (Fsp3) is 0.462. The van der Waals surface area contributed by atoms with E-state index in [0.29, 0.717) is 5.92 Å². The molecule has 0 amide bonds. The van der Waals surface area contributed by atoms with E-state index in [2.05, 4.69) is 18.5 Å². The van der Waals surface area contributed by atoms with Crippen molar-refractivity contribution < 1.29 is 4.79 Å². The Morgan fingerprint density at radius 1 is 1.38 bits per heavy atom. The standard InChI is InChI=1S/C13H19NOS/c1-10(9-16-3)8-14-13-6-4-12(5-7-13)11(2)15/h4-7,10,14H,8-9H2,1-3H3. The molecule has 0 fully saturated rings. The summed E-state index contributed by atoms with van der Waals surface area (Å²) in [6, 6.07) is 7.65. The molecule has 1 N–H and O–H groups in total. The lowest BCUT2D eigenvalue weighted by atomic mass is 10.1. The van der Waals surface area contributed by atoms with E-state index in [4.69, 9.17) is 0 Å². The van der Waals surface area contributed by atoms with Gasteiger partial charge in [-0.05, 0) is 49.1 Å². The fourth-order valence-corrected chi connectivity index (χ4v) is 2.15. The van der Waals surface area contributed by atoms with Gasteiger partial charge in [-0.2, -0.15) is 11.8 Å². The van der Waals surface area contributed by atoms with Gasteiger partial charge in [-0.25, -0.2) is 0 Å². The Labute approximate surface area is 102 Å². The van der Waals surface area contributed by atoms with Gasteiger partial charge in [0.1, 0.15) is 0 Å². The lowest BCUT2D eigenvalue weighted by molar-refractivity contribution is 0.101. The third-order valence-electron chi connectivity index (χ3n) is 2.40.